The highest BCUT2D eigenvalue weighted by Crippen LogP contribution is 2.28. The number of piperidine rings is 1. The van der Waals surface area contributed by atoms with Crippen molar-refractivity contribution in [2.45, 2.75) is 32.1 Å². The van der Waals surface area contributed by atoms with Crippen LogP contribution in [0.2, 0.25) is 0 Å². The summed E-state index contributed by atoms with van der Waals surface area (Å²) in [6.07, 6.45) is 12.5. The van der Waals surface area contributed by atoms with Crippen LogP contribution in [0.4, 0.5) is 0 Å². The molecule has 2 amide bonds. The first kappa shape index (κ1) is 22.0. The highest BCUT2D eigenvalue weighted by molar-refractivity contribution is 7.21. The minimum atomic E-state index is 0.0000369. The lowest BCUT2D eigenvalue weighted by Gasteiger charge is -2.31. The van der Waals surface area contributed by atoms with E-state index >= 15 is 0 Å². The van der Waals surface area contributed by atoms with Crippen LogP contribution in [0, 0.1) is 5.92 Å². The van der Waals surface area contributed by atoms with Gasteiger partial charge in [-0.05, 0) is 60.2 Å². The van der Waals surface area contributed by atoms with Crippen LogP contribution in [0.25, 0.3) is 20.2 Å². The van der Waals surface area contributed by atoms with Gasteiger partial charge in [0.15, 0.2) is 0 Å². The number of hydrogen-bond acceptors (Lipinski definition) is 6. The zero-order valence-electron chi connectivity index (χ0n) is 18.3. The van der Waals surface area contributed by atoms with Gasteiger partial charge in [0.1, 0.15) is 0 Å². The highest BCUT2D eigenvalue weighted by Gasteiger charge is 2.24. The van der Waals surface area contributed by atoms with E-state index in [2.05, 4.69) is 15.3 Å². The number of carbonyl (C=O) groups is 2. The number of fused-ring (bicyclic) bond motifs is 2. The predicted molar refractivity (Wildman–Crippen MR) is 134 cm³/mol. The van der Waals surface area contributed by atoms with Crippen molar-refractivity contribution in [3.05, 3.63) is 58.8 Å². The molecule has 0 bridgehead atoms. The summed E-state index contributed by atoms with van der Waals surface area (Å²) >= 11 is 3.01. The average Bonchev–Trinajstić information content (AvgIpc) is 3.48. The van der Waals surface area contributed by atoms with Gasteiger partial charge < -0.3 is 10.2 Å². The Morgan fingerprint density at radius 2 is 1.58 bits per heavy atom. The molecular weight excluding hydrogens is 452 g/mol. The molecule has 1 N–H and O–H groups in total. The number of hydrogen-bond donors (Lipinski definition) is 1. The summed E-state index contributed by atoms with van der Waals surface area (Å²) in [4.78, 5) is 37.1. The maximum Gasteiger partial charge on any atom is 0.263 e. The zero-order valence-corrected chi connectivity index (χ0v) is 20.0. The normalized spacial score (nSPS) is 14.7. The molecule has 5 rings (SSSR count). The fourth-order valence-corrected chi connectivity index (χ4v) is 6.36. The summed E-state index contributed by atoms with van der Waals surface area (Å²) in [6.45, 7) is 2.35. The van der Waals surface area contributed by atoms with Crippen LogP contribution in [-0.4, -0.2) is 46.3 Å². The Labute approximate surface area is 200 Å². The quantitative estimate of drug-likeness (QED) is 0.363. The highest BCUT2D eigenvalue weighted by atomic mass is 32.1. The largest absolute Gasteiger partial charge is 0.351 e. The molecule has 5 heterocycles. The molecule has 6 nitrogen and oxygen atoms in total. The number of likely N-dealkylation sites (tertiary alicyclic amines) is 1. The number of nitrogens with one attached hydrogen (secondary N) is 1. The van der Waals surface area contributed by atoms with Crippen molar-refractivity contribution >= 4 is 54.7 Å². The van der Waals surface area contributed by atoms with Gasteiger partial charge in [-0.25, -0.2) is 0 Å². The summed E-state index contributed by atoms with van der Waals surface area (Å²) in [7, 11) is 0. The zero-order chi connectivity index (χ0) is 22.6. The molecule has 0 aliphatic carbocycles. The van der Waals surface area contributed by atoms with E-state index in [9.17, 15) is 9.59 Å². The molecule has 8 heteroatoms. The first-order chi connectivity index (χ1) is 16.2. The lowest BCUT2D eigenvalue weighted by molar-refractivity contribution is 0.0691. The maximum absolute atomic E-state index is 12.9. The Bertz CT molecular complexity index is 1210. The van der Waals surface area contributed by atoms with Crippen LogP contribution in [-0.2, 0) is 0 Å². The van der Waals surface area contributed by atoms with Gasteiger partial charge >= 0.3 is 0 Å². The van der Waals surface area contributed by atoms with Crippen molar-refractivity contribution in [1.29, 1.82) is 0 Å². The van der Waals surface area contributed by atoms with E-state index in [-0.39, 0.29) is 11.8 Å². The molecule has 4 aromatic rings. The van der Waals surface area contributed by atoms with Crippen LogP contribution in [0.5, 0.6) is 0 Å². The first-order valence-electron chi connectivity index (χ1n) is 11.4. The molecule has 1 saturated heterocycles. The number of thiophene rings is 2. The second-order valence-electron chi connectivity index (χ2n) is 8.54. The summed E-state index contributed by atoms with van der Waals surface area (Å²) < 4.78 is 2.10. The van der Waals surface area contributed by atoms with Crippen molar-refractivity contribution in [2.24, 2.45) is 5.92 Å². The minimum absolute atomic E-state index is 0.0000369. The first-order valence-corrected chi connectivity index (χ1v) is 13.1. The van der Waals surface area contributed by atoms with Crippen molar-refractivity contribution in [2.75, 3.05) is 19.6 Å². The van der Waals surface area contributed by atoms with Crippen LogP contribution < -0.4 is 5.32 Å². The van der Waals surface area contributed by atoms with Crippen LogP contribution in [0.15, 0.2) is 49.1 Å². The molecule has 4 aromatic heterocycles. The van der Waals surface area contributed by atoms with Gasteiger partial charge in [-0.1, -0.05) is 12.8 Å². The van der Waals surface area contributed by atoms with E-state index in [4.69, 9.17) is 0 Å². The Hall–Kier alpha value is -2.84. The Morgan fingerprint density at radius 1 is 0.939 bits per heavy atom. The van der Waals surface area contributed by atoms with E-state index in [0.717, 1.165) is 75.1 Å². The van der Waals surface area contributed by atoms with E-state index < -0.39 is 0 Å². The van der Waals surface area contributed by atoms with E-state index in [1.54, 1.807) is 18.6 Å². The smallest absolute Gasteiger partial charge is 0.263 e. The Kier molecular flexibility index (Phi) is 6.64. The van der Waals surface area contributed by atoms with Gasteiger partial charge in [0.25, 0.3) is 11.8 Å². The third-order valence-electron chi connectivity index (χ3n) is 6.31. The Morgan fingerprint density at radius 3 is 2.24 bits per heavy atom. The number of amides is 2. The monoisotopic (exact) mass is 478 g/mol. The fraction of sp³-hybridized carbons (Fsp3) is 0.360. The number of nitrogens with zero attached hydrogens (tertiary/aromatic N) is 3. The van der Waals surface area contributed by atoms with Gasteiger partial charge in [0.2, 0.25) is 0 Å². The lowest BCUT2D eigenvalue weighted by Crippen LogP contribution is -2.38. The molecule has 0 radical (unpaired) electrons. The summed E-state index contributed by atoms with van der Waals surface area (Å²) in [6, 6.07) is 7.81. The molecule has 0 atom stereocenters. The third-order valence-corrected chi connectivity index (χ3v) is 8.46. The number of unbranched alkanes of at least 4 members (excludes halogenated alkanes) is 1. The molecule has 0 unspecified atom stereocenters. The maximum atomic E-state index is 12.9. The molecule has 1 aliphatic rings. The van der Waals surface area contributed by atoms with Gasteiger partial charge in [-0.15, -0.1) is 22.7 Å². The Balaban J connectivity index is 1.01. The van der Waals surface area contributed by atoms with Crippen molar-refractivity contribution in [3.63, 3.8) is 0 Å². The molecule has 1 aliphatic heterocycles. The molecule has 1 fully saturated rings. The lowest BCUT2D eigenvalue weighted by atomic mass is 9.91. The average molecular weight is 479 g/mol. The van der Waals surface area contributed by atoms with Crippen molar-refractivity contribution in [3.8, 4) is 0 Å². The second-order valence-corrected chi connectivity index (χ2v) is 10.7. The predicted octanol–water partition coefficient (Wildman–Crippen LogP) is 5.36. The second kappa shape index (κ2) is 9.97. The van der Waals surface area contributed by atoms with Crippen LogP contribution in [0.3, 0.4) is 0 Å². The number of carbonyl (C=O) groups excluding carboxylic acids is 2. The van der Waals surface area contributed by atoms with Crippen LogP contribution in [0.1, 0.15) is 51.4 Å². The van der Waals surface area contributed by atoms with E-state index in [1.807, 2.05) is 35.4 Å². The molecule has 0 spiro atoms. The van der Waals surface area contributed by atoms with Crippen molar-refractivity contribution < 1.29 is 9.59 Å². The number of aromatic nitrogens is 2. The summed E-state index contributed by atoms with van der Waals surface area (Å²) in [5, 5.41) is 5.20. The van der Waals surface area contributed by atoms with Crippen molar-refractivity contribution in [1.82, 2.24) is 20.2 Å². The van der Waals surface area contributed by atoms with Gasteiger partial charge in [-0.3, -0.25) is 19.6 Å². The topological polar surface area (TPSA) is 75.2 Å². The molecule has 0 aromatic carbocycles. The number of rotatable bonds is 7. The SMILES string of the molecule is O=C(NCCCCC1CCN(C(=O)c2cc3ccncc3s2)CC1)c1cc2ccncc2s1. The standard InChI is InChI=1S/C25H26N4O2S2/c30-24(20-13-18-4-9-26-15-22(18)32-20)28-8-2-1-3-17-6-11-29(12-7-17)25(31)21-14-19-5-10-27-16-23(19)33-21/h4-5,9-10,13-17H,1-3,6-8,11-12H2,(H,28,30). The molecule has 170 valence electrons. The molecule has 33 heavy (non-hydrogen) atoms. The molecular formula is C25H26N4O2S2. The van der Waals surface area contributed by atoms with E-state index in [0.29, 0.717) is 12.5 Å². The number of pyridine rings is 2. The summed E-state index contributed by atoms with van der Waals surface area (Å²) in [5.41, 5.74) is 0. The van der Waals surface area contributed by atoms with E-state index in [1.165, 1.54) is 22.7 Å². The van der Waals surface area contributed by atoms with Gasteiger partial charge in [-0.2, -0.15) is 0 Å². The fourth-order valence-electron chi connectivity index (χ4n) is 4.41. The third kappa shape index (κ3) is 5.07. The van der Waals surface area contributed by atoms with Gasteiger partial charge in [0, 0.05) is 44.4 Å². The minimum Gasteiger partial charge on any atom is -0.351 e. The molecule has 0 saturated carbocycles. The van der Waals surface area contributed by atoms with Crippen LogP contribution >= 0.6 is 22.7 Å². The van der Waals surface area contributed by atoms with Gasteiger partial charge in [0.05, 0.1) is 19.2 Å². The summed E-state index contributed by atoms with van der Waals surface area (Å²) in [5.74, 6) is 0.806.